The van der Waals surface area contributed by atoms with Crippen molar-refractivity contribution >= 4 is 16.5 Å². The maximum Gasteiger partial charge on any atom is 0.185 e. The van der Waals surface area contributed by atoms with Crippen LogP contribution in [-0.4, -0.2) is 49.2 Å². The number of hydrogen-bond acceptors (Lipinski definition) is 5. The van der Waals surface area contributed by atoms with Crippen LogP contribution in [0, 0.1) is 0 Å². The topological polar surface area (TPSA) is 31.4 Å². The molecule has 0 atom stereocenters. The van der Waals surface area contributed by atoms with Crippen molar-refractivity contribution in [2.45, 2.75) is 32.9 Å². The van der Waals surface area contributed by atoms with Gasteiger partial charge in [-0.25, -0.2) is 4.98 Å². The molecule has 1 N–H and O–H groups in total. The van der Waals surface area contributed by atoms with Crippen LogP contribution in [0.2, 0.25) is 0 Å². The van der Waals surface area contributed by atoms with Crippen molar-refractivity contribution < 1.29 is 0 Å². The summed E-state index contributed by atoms with van der Waals surface area (Å²) < 4.78 is 0. The standard InChI is InChI=1S/C13H24N4S/c1-11(2)14-9-12-10-15-13(18-12)17-6-4-5-16(3)7-8-17/h10-11,14H,4-9H2,1-3H3. The van der Waals surface area contributed by atoms with E-state index in [0.717, 1.165) is 26.2 Å². The molecule has 0 saturated carbocycles. The average molecular weight is 268 g/mol. The van der Waals surface area contributed by atoms with Crippen molar-refractivity contribution in [3.8, 4) is 0 Å². The number of nitrogens with one attached hydrogen (secondary N) is 1. The molecule has 0 bridgehead atoms. The van der Waals surface area contributed by atoms with E-state index in [1.165, 1.54) is 23.0 Å². The molecule has 0 aromatic carbocycles. The number of likely N-dealkylation sites (N-methyl/N-ethyl adjacent to an activating group) is 1. The summed E-state index contributed by atoms with van der Waals surface area (Å²) >= 11 is 1.83. The lowest BCUT2D eigenvalue weighted by Gasteiger charge is -2.19. The summed E-state index contributed by atoms with van der Waals surface area (Å²) in [6, 6.07) is 0.530. The molecule has 4 nitrogen and oxygen atoms in total. The molecule has 0 amide bonds. The fourth-order valence-electron chi connectivity index (χ4n) is 2.07. The van der Waals surface area contributed by atoms with Crippen LogP contribution in [0.15, 0.2) is 6.20 Å². The van der Waals surface area contributed by atoms with Gasteiger partial charge in [0.25, 0.3) is 0 Å². The number of anilines is 1. The Hall–Kier alpha value is -0.650. The molecule has 2 heterocycles. The lowest BCUT2D eigenvalue weighted by molar-refractivity contribution is 0.360. The van der Waals surface area contributed by atoms with Gasteiger partial charge < -0.3 is 15.1 Å². The van der Waals surface area contributed by atoms with Gasteiger partial charge in [0, 0.05) is 43.3 Å². The van der Waals surface area contributed by atoms with Gasteiger partial charge in [0.05, 0.1) is 0 Å². The lowest BCUT2D eigenvalue weighted by atomic mass is 10.4. The molecule has 1 aromatic heterocycles. The maximum atomic E-state index is 4.57. The zero-order valence-electron chi connectivity index (χ0n) is 11.6. The minimum absolute atomic E-state index is 0.530. The number of thiazole rings is 1. The number of nitrogens with zero attached hydrogens (tertiary/aromatic N) is 3. The van der Waals surface area contributed by atoms with Crippen molar-refractivity contribution in [2.75, 3.05) is 38.1 Å². The van der Waals surface area contributed by atoms with Crippen molar-refractivity contribution in [2.24, 2.45) is 0 Å². The van der Waals surface area contributed by atoms with Crippen LogP contribution >= 0.6 is 11.3 Å². The maximum absolute atomic E-state index is 4.57. The van der Waals surface area contributed by atoms with E-state index in [0.29, 0.717) is 6.04 Å². The summed E-state index contributed by atoms with van der Waals surface area (Å²) in [6.45, 7) is 9.85. The largest absolute Gasteiger partial charge is 0.347 e. The molecule has 0 spiro atoms. The Balaban J connectivity index is 1.92. The van der Waals surface area contributed by atoms with E-state index in [4.69, 9.17) is 0 Å². The highest BCUT2D eigenvalue weighted by Crippen LogP contribution is 2.23. The van der Waals surface area contributed by atoms with E-state index in [9.17, 15) is 0 Å². The van der Waals surface area contributed by atoms with Gasteiger partial charge in [0.2, 0.25) is 0 Å². The van der Waals surface area contributed by atoms with Crippen LogP contribution in [0.3, 0.4) is 0 Å². The molecule has 1 aliphatic heterocycles. The monoisotopic (exact) mass is 268 g/mol. The molecular formula is C13H24N4S. The van der Waals surface area contributed by atoms with Gasteiger partial charge in [-0.05, 0) is 20.0 Å². The van der Waals surface area contributed by atoms with E-state index in [2.05, 4.69) is 41.0 Å². The highest BCUT2D eigenvalue weighted by Gasteiger charge is 2.15. The van der Waals surface area contributed by atoms with Crippen LogP contribution in [0.5, 0.6) is 0 Å². The van der Waals surface area contributed by atoms with E-state index in [1.54, 1.807) is 0 Å². The third-order valence-electron chi connectivity index (χ3n) is 3.22. The molecule has 102 valence electrons. The van der Waals surface area contributed by atoms with Gasteiger partial charge in [0.1, 0.15) is 0 Å². The van der Waals surface area contributed by atoms with Crippen LogP contribution in [0.25, 0.3) is 0 Å². The third-order valence-corrected chi connectivity index (χ3v) is 4.27. The number of hydrogen-bond donors (Lipinski definition) is 1. The minimum Gasteiger partial charge on any atom is -0.347 e. The predicted octanol–water partition coefficient (Wildman–Crippen LogP) is 1.78. The first-order chi connectivity index (χ1) is 8.65. The predicted molar refractivity (Wildman–Crippen MR) is 78.4 cm³/mol. The second kappa shape index (κ2) is 6.50. The zero-order chi connectivity index (χ0) is 13.0. The Morgan fingerprint density at radius 2 is 2.17 bits per heavy atom. The molecule has 0 radical (unpaired) electrons. The molecule has 18 heavy (non-hydrogen) atoms. The smallest absolute Gasteiger partial charge is 0.185 e. The lowest BCUT2D eigenvalue weighted by Crippen LogP contribution is -2.28. The summed E-state index contributed by atoms with van der Waals surface area (Å²) in [5.74, 6) is 0. The summed E-state index contributed by atoms with van der Waals surface area (Å²) in [6.07, 6.45) is 3.25. The van der Waals surface area contributed by atoms with E-state index in [-0.39, 0.29) is 0 Å². The second-order valence-electron chi connectivity index (χ2n) is 5.29. The van der Waals surface area contributed by atoms with Gasteiger partial charge in [-0.15, -0.1) is 11.3 Å². The molecular weight excluding hydrogens is 244 g/mol. The quantitative estimate of drug-likeness (QED) is 0.902. The van der Waals surface area contributed by atoms with Crippen LogP contribution in [0.1, 0.15) is 25.1 Å². The Morgan fingerprint density at radius 1 is 1.33 bits per heavy atom. The fraction of sp³-hybridized carbons (Fsp3) is 0.769. The molecule has 1 saturated heterocycles. The normalized spacial score (nSPS) is 18.3. The van der Waals surface area contributed by atoms with Crippen LogP contribution in [0.4, 0.5) is 5.13 Å². The summed E-state index contributed by atoms with van der Waals surface area (Å²) in [7, 11) is 2.20. The van der Waals surface area contributed by atoms with Crippen molar-refractivity contribution in [1.82, 2.24) is 15.2 Å². The number of aromatic nitrogens is 1. The highest BCUT2D eigenvalue weighted by atomic mass is 32.1. The van der Waals surface area contributed by atoms with E-state index in [1.807, 2.05) is 17.5 Å². The second-order valence-corrected chi connectivity index (χ2v) is 6.38. The van der Waals surface area contributed by atoms with Gasteiger partial charge in [0.15, 0.2) is 5.13 Å². The van der Waals surface area contributed by atoms with Crippen molar-refractivity contribution in [3.63, 3.8) is 0 Å². The third kappa shape index (κ3) is 3.93. The van der Waals surface area contributed by atoms with Gasteiger partial charge >= 0.3 is 0 Å². The molecule has 1 aliphatic rings. The highest BCUT2D eigenvalue weighted by molar-refractivity contribution is 7.15. The zero-order valence-corrected chi connectivity index (χ0v) is 12.5. The molecule has 5 heteroatoms. The van der Waals surface area contributed by atoms with Crippen molar-refractivity contribution in [3.05, 3.63) is 11.1 Å². The summed E-state index contributed by atoms with van der Waals surface area (Å²) in [5.41, 5.74) is 0. The summed E-state index contributed by atoms with van der Waals surface area (Å²) in [4.78, 5) is 10.7. The Morgan fingerprint density at radius 3 is 2.94 bits per heavy atom. The Kier molecular flexibility index (Phi) is 4.97. The first kappa shape index (κ1) is 13.8. The first-order valence-electron chi connectivity index (χ1n) is 6.76. The van der Waals surface area contributed by atoms with E-state index < -0.39 is 0 Å². The van der Waals surface area contributed by atoms with Crippen LogP contribution < -0.4 is 10.2 Å². The SMILES string of the molecule is CC(C)NCc1cnc(N2CCCN(C)CC2)s1. The van der Waals surface area contributed by atoms with E-state index >= 15 is 0 Å². The minimum atomic E-state index is 0.530. The summed E-state index contributed by atoms with van der Waals surface area (Å²) in [5, 5.41) is 4.63. The molecule has 1 fully saturated rings. The van der Waals surface area contributed by atoms with Gasteiger partial charge in [-0.1, -0.05) is 13.8 Å². The van der Waals surface area contributed by atoms with Gasteiger partial charge in [-0.3, -0.25) is 0 Å². The first-order valence-corrected chi connectivity index (χ1v) is 7.58. The average Bonchev–Trinajstić information content (AvgIpc) is 2.69. The molecule has 1 aromatic rings. The molecule has 2 rings (SSSR count). The van der Waals surface area contributed by atoms with Crippen LogP contribution in [-0.2, 0) is 6.54 Å². The Bertz CT molecular complexity index is 364. The van der Waals surface area contributed by atoms with Gasteiger partial charge in [-0.2, -0.15) is 0 Å². The Labute approximate surface area is 114 Å². The molecule has 0 aliphatic carbocycles. The van der Waals surface area contributed by atoms with Crippen molar-refractivity contribution in [1.29, 1.82) is 0 Å². The fourth-order valence-corrected chi connectivity index (χ4v) is 2.98. The molecule has 0 unspecified atom stereocenters. The number of rotatable bonds is 4.